The highest BCUT2D eigenvalue weighted by Crippen LogP contribution is 2.05. The molecule has 6 heteroatoms. The Balaban J connectivity index is 4.59. The minimum absolute atomic E-state index is 0.169. The number of esters is 1. The smallest absolute Gasteiger partial charge is 0.328 e. The normalized spacial score (nSPS) is 14.1. The fourth-order valence-electron chi connectivity index (χ4n) is 1.02. The third-order valence-electron chi connectivity index (χ3n) is 2.18. The van der Waals surface area contributed by atoms with Crippen molar-refractivity contribution in [3.63, 3.8) is 0 Å². The highest BCUT2D eigenvalue weighted by Gasteiger charge is 2.29. The maximum atomic E-state index is 11.4. The van der Waals surface area contributed by atoms with Gasteiger partial charge in [-0.15, -0.1) is 0 Å². The first kappa shape index (κ1) is 14.4. The van der Waals surface area contributed by atoms with Crippen molar-refractivity contribution in [3.05, 3.63) is 0 Å². The van der Waals surface area contributed by atoms with Crippen molar-refractivity contribution in [3.8, 4) is 0 Å². The first-order valence-electron chi connectivity index (χ1n) is 4.92. The molecule has 2 atom stereocenters. The molecule has 0 saturated heterocycles. The number of nitrogens with one attached hydrogen (secondary N) is 1. The van der Waals surface area contributed by atoms with E-state index in [0.29, 0.717) is 0 Å². The monoisotopic (exact) mass is 231 g/mol. The number of methoxy groups -OCH3 is 1. The van der Waals surface area contributed by atoms with E-state index in [1.165, 1.54) is 14.0 Å². The molecule has 0 aliphatic heterocycles. The van der Waals surface area contributed by atoms with Crippen molar-refractivity contribution in [2.45, 2.75) is 26.8 Å². The highest BCUT2D eigenvalue weighted by atomic mass is 16.5. The molecular formula is C10H17NO5. The van der Waals surface area contributed by atoms with Crippen LogP contribution in [0, 0.1) is 11.8 Å². The van der Waals surface area contributed by atoms with Gasteiger partial charge in [0, 0.05) is 0 Å². The van der Waals surface area contributed by atoms with E-state index in [1.807, 2.05) is 0 Å². The van der Waals surface area contributed by atoms with Crippen molar-refractivity contribution in [2.75, 3.05) is 7.11 Å². The van der Waals surface area contributed by atoms with Gasteiger partial charge in [0.25, 0.3) is 0 Å². The highest BCUT2D eigenvalue weighted by molar-refractivity contribution is 5.98. The Kier molecular flexibility index (Phi) is 5.49. The van der Waals surface area contributed by atoms with E-state index in [1.54, 1.807) is 13.8 Å². The van der Waals surface area contributed by atoms with E-state index in [9.17, 15) is 14.4 Å². The van der Waals surface area contributed by atoms with Gasteiger partial charge in [-0.2, -0.15) is 0 Å². The van der Waals surface area contributed by atoms with Crippen molar-refractivity contribution < 1.29 is 24.2 Å². The fourth-order valence-corrected chi connectivity index (χ4v) is 1.02. The summed E-state index contributed by atoms with van der Waals surface area (Å²) in [6.45, 7) is 4.72. The quantitative estimate of drug-likeness (QED) is 0.514. The fraction of sp³-hybridized carbons (Fsp3) is 0.700. The summed E-state index contributed by atoms with van der Waals surface area (Å²) in [6, 6.07) is -0.820. The molecule has 0 radical (unpaired) electrons. The Hall–Kier alpha value is -1.59. The van der Waals surface area contributed by atoms with Gasteiger partial charge in [-0.1, -0.05) is 13.8 Å². The van der Waals surface area contributed by atoms with E-state index in [0.717, 1.165) is 0 Å². The zero-order valence-electron chi connectivity index (χ0n) is 9.81. The van der Waals surface area contributed by atoms with Crippen molar-refractivity contribution in [2.24, 2.45) is 11.8 Å². The molecule has 6 nitrogen and oxygen atoms in total. The largest absolute Gasteiger partial charge is 0.481 e. The molecule has 0 aromatic heterocycles. The molecule has 92 valence electrons. The SMILES string of the molecule is COC(=O)C(NC(=O)C(C)C(=O)O)C(C)C. The summed E-state index contributed by atoms with van der Waals surface area (Å²) in [5.41, 5.74) is 0. The molecule has 0 aliphatic carbocycles. The van der Waals surface area contributed by atoms with E-state index in [2.05, 4.69) is 10.1 Å². The minimum Gasteiger partial charge on any atom is -0.481 e. The van der Waals surface area contributed by atoms with Crippen LogP contribution in [-0.4, -0.2) is 36.1 Å². The van der Waals surface area contributed by atoms with Gasteiger partial charge in [0.2, 0.25) is 5.91 Å². The van der Waals surface area contributed by atoms with Crippen LogP contribution in [0.1, 0.15) is 20.8 Å². The predicted molar refractivity (Wildman–Crippen MR) is 55.6 cm³/mol. The Labute approximate surface area is 94.0 Å². The van der Waals surface area contributed by atoms with Gasteiger partial charge in [-0.3, -0.25) is 9.59 Å². The molecule has 2 unspecified atom stereocenters. The summed E-state index contributed by atoms with van der Waals surface area (Å²) in [5, 5.41) is 11.0. The average molecular weight is 231 g/mol. The van der Waals surface area contributed by atoms with Gasteiger partial charge in [0.1, 0.15) is 12.0 Å². The van der Waals surface area contributed by atoms with Crippen LogP contribution in [0.15, 0.2) is 0 Å². The van der Waals surface area contributed by atoms with Crippen LogP contribution in [0.25, 0.3) is 0 Å². The molecule has 0 bridgehead atoms. The van der Waals surface area contributed by atoms with Crippen LogP contribution in [0.4, 0.5) is 0 Å². The maximum absolute atomic E-state index is 11.4. The van der Waals surface area contributed by atoms with Gasteiger partial charge >= 0.3 is 11.9 Å². The molecule has 1 amide bonds. The van der Waals surface area contributed by atoms with Crippen LogP contribution in [0.2, 0.25) is 0 Å². The lowest BCUT2D eigenvalue weighted by atomic mass is 10.0. The topological polar surface area (TPSA) is 92.7 Å². The number of carboxylic acids is 1. The average Bonchev–Trinajstić information content (AvgIpc) is 2.22. The second kappa shape index (κ2) is 6.09. The van der Waals surface area contributed by atoms with E-state index in [4.69, 9.17) is 5.11 Å². The minimum atomic E-state index is -1.23. The Morgan fingerprint density at radius 3 is 2.00 bits per heavy atom. The zero-order valence-corrected chi connectivity index (χ0v) is 9.81. The molecule has 0 aliphatic rings. The zero-order chi connectivity index (χ0) is 12.9. The maximum Gasteiger partial charge on any atom is 0.328 e. The molecule has 0 saturated carbocycles. The molecule has 0 spiro atoms. The van der Waals surface area contributed by atoms with Crippen LogP contribution in [0.5, 0.6) is 0 Å². The third kappa shape index (κ3) is 3.88. The number of amides is 1. The Bertz CT molecular complexity index is 287. The first-order valence-corrected chi connectivity index (χ1v) is 4.92. The molecule has 0 fully saturated rings. The lowest BCUT2D eigenvalue weighted by Crippen LogP contribution is -2.48. The summed E-state index contributed by atoms with van der Waals surface area (Å²) in [5.74, 6) is -3.87. The number of ether oxygens (including phenoxy) is 1. The van der Waals surface area contributed by atoms with E-state index >= 15 is 0 Å². The Morgan fingerprint density at radius 2 is 1.69 bits per heavy atom. The number of carbonyl (C=O) groups is 3. The molecule has 0 aromatic rings. The van der Waals surface area contributed by atoms with Crippen molar-refractivity contribution >= 4 is 17.8 Å². The molecule has 0 rings (SSSR count). The van der Waals surface area contributed by atoms with Crippen molar-refractivity contribution in [1.29, 1.82) is 0 Å². The van der Waals surface area contributed by atoms with Crippen LogP contribution in [-0.2, 0) is 19.1 Å². The number of carboxylic acid groups (broad SMARTS) is 1. The predicted octanol–water partition coefficient (Wildman–Crippen LogP) is 0.0209. The number of hydrogen-bond donors (Lipinski definition) is 2. The molecule has 16 heavy (non-hydrogen) atoms. The molecule has 2 N–H and O–H groups in total. The van der Waals surface area contributed by atoms with Gasteiger partial charge < -0.3 is 15.2 Å². The van der Waals surface area contributed by atoms with Gasteiger partial charge in [-0.05, 0) is 12.8 Å². The Morgan fingerprint density at radius 1 is 1.19 bits per heavy atom. The van der Waals surface area contributed by atoms with Gasteiger partial charge in [-0.25, -0.2) is 4.79 Å². The lowest BCUT2D eigenvalue weighted by Gasteiger charge is -2.20. The van der Waals surface area contributed by atoms with E-state index in [-0.39, 0.29) is 5.92 Å². The second-order valence-corrected chi connectivity index (χ2v) is 3.81. The first-order chi connectivity index (χ1) is 7.31. The number of aliphatic carboxylic acids is 1. The number of hydrogen-bond acceptors (Lipinski definition) is 4. The summed E-state index contributed by atoms with van der Waals surface area (Å²) in [6.07, 6.45) is 0. The summed E-state index contributed by atoms with van der Waals surface area (Å²) < 4.78 is 4.51. The standard InChI is InChI=1S/C10H17NO5/c1-5(2)7(10(15)16-4)11-8(12)6(3)9(13)14/h5-7H,1-4H3,(H,11,12)(H,13,14). The molecule has 0 heterocycles. The lowest BCUT2D eigenvalue weighted by molar-refractivity contribution is -0.151. The van der Waals surface area contributed by atoms with Crippen LogP contribution < -0.4 is 5.32 Å². The molecular weight excluding hydrogens is 214 g/mol. The van der Waals surface area contributed by atoms with E-state index < -0.39 is 29.8 Å². The summed E-state index contributed by atoms with van der Waals surface area (Å²) in [7, 11) is 1.21. The molecule has 0 aromatic carbocycles. The number of rotatable bonds is 5. The van der Waals surface area contributed by atoms with Gasteiger partial charge in [0.05, 0.1) is 7.11 Å². The summed E-state index contributed by atoms with van der Waals surface area (Å²) >= 11 is 0. The van der Waals surface area contributed by atoms with Crippen molar-refractivity contribution in [1.82, 2.24) is 5.32 Å². The number of carbonyl (C=O) groups excluding carboxylic acids is 2. The summed E-state index contributed by atoms with van der Waals surface area (Å²) in [4.78, 5) is 33.3. The van der Waals surface area contributed by atoms with Crippen LogP contribution in [0.3, 0.4) is 0 Å². The van der Waals surface area contributed by atoms with Crippen LogP contribution >= 0.6 is 0 Å². The third-order valence-corrected chi connectivity index (χ3v) is 2.18. The van der Waals surface area contributed by atoms with Gasteiger partial charge in [0.15, 0.2) is 0 Å². The second-order valence-electron chi connectivity index (χ2n) is 3.81.